The molecule has 0 aliphatic rings. The Morgan fingerprint density at radius 3 is 2.92 bits per heavy atom. The summed E-state index contributed by atoms with van der Waals surface area (Å²) in [5, 5.41) is 23.0. The summed E-state index contributed by atoms with van der Waals surface area (Å²) in [6, 6.07) is 7.84. The molecule has 2 heterocycles. The summed E-state index contributed by atoms with van der Waals surface area (Å²) in [6.45, 7) is 0.492. The van der Waals surface area contributed by atoms with Crippen molar-refractivity contribution in [1.82, 2.24) is 10.2 Å². The molecule has 0 saturated carbocycles. The molecule has 1 amide bonds. The van der Waals surface area contributed by atoms with Gasteiger partial charge in [-0.05, 0) is 18.2 Å². The zero-order chi connectivity index (χ0) is 18.5. The van der Waals surface area contributed by atoms with Crippen LogP contribution >= 0.6 is 23.1 Å². The van der Waals surface area contributed by atoms with Crippen LogP contribution in [0.2, 0.25) is 0 Å². The number of carbonyl (C=O) groups excluding carboxylic acids is 1. The van der Waals surface area contributed by atoms with Gasteiger partial charge in [-0.2, -0.15) is 0 Å². The number of amides is 1. The average molecular weight is 391 g/mol. The van der Waals surface area contributed by atoms with E-state index in [1.54, 1.807) is 12.3 Å². The molecular weight excluding hydrogens is 378 g/mol. The van der Waals surface area contributed by atoms with Gasteiger partial charge in [-0.3, -0.25) is 14.9 Å². The third kappa shape index (κ3) is 4.37. The van der Waals surface area contributed by atoms with Crippen LogP contribution in [0, 0.1) is 10.1 Å². The van der Waals surface area contributed by atoms with Crippen molar-refractivity contribution in [3.05, 3.63) is 63.6 Å². The highest BCUT2D eigenvalue weighted by molar-refractivity contribution is 8.00. The van der Waals surface area contributed by atoms with Crippen molar-refractivity contribution in [3.8, 4) is 0 Å². The molecule has 3 N–H and O–H groups in total. The van der Waals surface area contributed by atoms with Crippen LogP contribution in [-0.4, -0.2) is 21.0 Å². The lowest BCUT2D eigenvalue weighted by atomic mass is 10.1. The number of anilines is 1. The van der Waals surface area contributed by atoms with Crippen molar-refractivity contribution >= 4 is 39.8 Å². The van der Waals surface area contributed by atoms with Crippen LogP contribution in [-0.2, 0) is 12.3 Å². The molecule has 0 bridgehead atoms. The van der Waals surface area contributed by atoms with Gasteiger partial charge < -0.3 is 15.5 Å². The topological polar surface area (TPSA) is 137 Å². The molecule has 26 heavy (non-hydrogen) atoms. The molecule has 9 nitrogen and oxygen atoms in total. The zero-order valence-corrected chi connectivity index (χ0v) is 14.9. The monoisotopic (exact) mass is 391 g/mol. The number of primary amides is 1. The number of nitro benzene ring substituents is 1. The minimum Gasteiger partial charge on any atom is -0.467 e. The summed E-state index contributed by atoms with van der Waals surface area (Å²) < 4.78 is 5.89. The van der Waals surface area contributed by atoms with Gasteiger partial charge in [-0.25, -0.2) is 0 Å². The van der Waals surface area contributed by atoms with Crippen molar-refractivity contribution in [2.24, 2.45) is 5.73 Å². The fourth-order valence-electron chi connectivity index (χ4n) is 2.06. The first-order valence-electron chi connectivity index (χ1n) is 7.32. The Hall–Kier alpha value is -2.92. The second kappa shape index (κ2) is 7.97. The highest BCUT2D eigenvalue weighted by Crippen LogP contribution is 2.31. The van der Waals surface area contributed by atoms with E-state index in [-0.39, 0.29) is 11.3 Å². The van der Waals surface area contributed by atoms with Gasteiger partial charge in [0, 0.05) is 22.9 Å². The lowest BCUT2D eigenvalue weighted by molar-refractivity contribution is -0.385. The van der Waals surface area contributed by atoms with Crippen LogP contribution in [0.4, 0.5) is 10.8 Å². The van der Waals surface area contributed by atoms with E-state index in [0.717, 1.165) is 5.76 Å². The Morgan fingerprint density at radius 1 is 1.38 bits per heavy atom. The molecule has 0 unspecified atom stereocenters. The Kier molecular flexibility index (Phi) is 5.49. The van der Waals surface area contributed by atoms with Gasteiger partial charge in [-0.1, -0.05) is 29.2 Å². The number of rotatable bonds is 8. The molecular formula is C15H13N5O4S2. The second-order valence-electron chi connectivity index (χ2n) is 5.06. The molecule has 0 radical (unpaired) electrons. The number of furan rings is 1. The van der Waals surface area contributed by atoms with Crippen LogP contribution in [0.1, 0.15) is 21.7 Å². The van der Waals surface area contributed by atoms with Crippen LogP contribution in [0.5, 0.6) is 0 Å². The lowest BCUT2D eigenvalue weighted by Crippen LogP contribution is -2.11. The lowest BCUT2D eigenvalue weighted by Gasteiger charge is -2.03. The van der Waals surface area contributed by atoms with E-state index in [4.69, 9.17) is 10.2 Å². The van der Waals surface area contributed by atoms with Crippen LogP contribution < -0.4 is 11.1 Å². The maximum absolute atomic E-state index is 11.2. The second-order valence-corrected chi connectivity index (χ2v) is 7.26. The van der Waals surface area contributed by atoms with Crippen molar-refractivity contribution < 1.29 is 14.1 Å². The molecule has 3 rings (SSSR count). The average Bonchev–Trinajstić information content (AvgIpc) is 3.29. The first kappa shape index (κ1) is 17.9. The van der Waals surface area contributed by atoms with Crippen molar-refractivity contribution in [3.63, 3.8) is 0 Å². The van der Waals surface area contributed by atoms with E-state index in [0.29, 0.717) is 27.3 Å². The van der Waals surface area contributed by atoms with E-state index in [1.807, 2.05) is 6.07 Å². The number of hydrogen-bond acceptors (Lipinski definition) is 9. The quantitative estimate of drug-likeness (QED) is 0.339. The normalized spacial score (nSPS) is 10.6. The number of nitro groups is 1. The molecule has 3 aromatic rings. The highest BCUT2D eigenvalue weighted by Gasteiger charge is 2.17. The minimum atomic E-state index is -0.705. The van der Waals surface area contributed by atoms with E-state index in [9.17, 15) is 14.9 Å². The van der Waals surface area contributed by atoms with Gasteiger partial charge in [0.15, 0.2) is 4.34 Å². The predicted molar refractivity (Wildman–Crippen MR) is 97.1 cm³/mol. The first-order valence-corrected chi connectivity index (χ1v) is 9.13. The number of carbonyl (C=O) groups is 1. The number of nitrogens with two attached hydrogens (primary N) is 1. The minimum absolute atomic E-state index is 0.103. The van der Waals surface area contributed by atoms with Crippen LogP contribution in [0.15, 0.2) is 45.4 Å². The molecule has 1 aromatic carbocycles. The number of nitrogens with zero attached hydrogens (tertiary/aromatic N) is 3. The molecule has 0 saturated heterocycles. The third-order valence-electron chi connectivity index (χ3n) is 3.32. The van der Waals surface area contributed by atoms with Gasteiger partial charge in [0.05, 0.1) is 17.7 Å². The number of benzene rings is 1. The van der Waals surface area contributed by atoms with Crippen molar-refractivity contribution in [2.75, 3.05) is 5.32 Å². The number of aromatic nitrogens is 2. The Bertz CT molecular complexity index is 926. The zero-order valence-electron chi connectivity index (χ0n) is 13.2. The predicted octanol–water partition coefficient (Wildman–Crippen LogP) is 3.04. The summed E-state index contributed by atoms with van der Waals surface area (Å²) in [7, 11) is 0. The summed E-state index contributed by atoms with van der Waals surface area (Å²) in [5.41, 5.74) is 5.60. The molecule has 0 fully saturated rings. The fourth-order valence-corrected chi connectivity index (χ4v) is 3.81. The van der Waals surface area contributed by atoms with Crippen molar-refractivity contribution in [1.29, 1.82) is 0 Å². The Balaban J connectivity index is 1.64. The van der Waals surface area contributed by atoms with Gasteiger partial charge in [0.1, 0.15) is 5.76 Å². The summed E-state index contributed by atoms with van der Waals surface area (Å²) >= 11 is 2.66. The summed E-state index contributed by atoms with van der Waals surface area (Å²) in [4.78, 5) is 21.9. The Labute approximate surface area is 155 Å². The van der Waals surface area contributed by atoms with E-state index in [1.165, 1.54) is 41.3 Å². The van der Waals surface area contributed by atoms with Gasteiger partial charge in [0.25, 0.3) is 5.69 Å². The van der Waals surface area contributed by atoms with E-state index >= 15 is 0 Å². The summed E-state index contributed by atoms with van der Waals surface area (Å²) in [5.74, 6) is 0.394. The van der Waals surface area contributed by atoms with Gasteiger partial charge in [-0.15, -0.1) is 10.2 Å². The van der Waals surface area contributed by atoms with E-state index in [2.05, 4.69) is 15.5 Å². The summed E-state index contributed by atoms with van der Waals surface area (Å²) in [6.07, 6.45) is 1.59. The van der Waals surface area contributed by atoms with Gasteiger partial charge >= 0.3 is 0 Å². The van der Waals surface area contributed by atoms with Crippen molar-refractivity contribution in [2.45, 2.75) is 16.6 Å². The number of thioether (sulfide) groups is 1. The van der Waals surface area contributed by atoms with E-state index < -0.39 is 10.8 Å². The third-order valence-corrected chi connectivity index (χ3v) is 5.38. The molecule has 0 spiro atoms. The molecule has 0 atom stereocenters. The first-order chi connectivity index (χ1) is 12.5. The molecule has 11 heteroatoms. The number of nitrogens with one attached hydrogen (secondary N) is 1. The van der Waals surface area contributed by atoms with Crippen LogP contribution in [0.3, 0.4) is 0 Å². The maximum atomic E-state index is 11.2. The fraction of sp³-hybridized carbons (Fsp3) is 0.133. The largest absolute Gasteiger partial charge is 0.467 e. The smallest absolute Gasteiger partial charge is 0.274 e. The van der Waals surface area contributed by atoms with Gasteiger partial charge in [0.2, 0.25) is 11.0 Å². The standard InChI is InChI=1S/C15H13N5O4S2/c16-13(21)9-3-4-10(12(6-9)20(22)23)8-25-15-19-18-14(26-15)17-7-11-2-1-5-24-11/h1-6H,7-8H2,(H2,16,21)(H,17,18). The molecule has 0 aliphatic heterocycles. The maximum Gasteiger partial charge on any atom is 0.274 e. The molecule has 134 valence electrons. The molecule has 0 aliphatic carbocycles. The number of hydrogen-bond donors (Lipinski definition) is 2. The Morgan fingerprint density at radius 2 is 2.23 bits per heavy atom. The molecule has 2 aromatic heterocycles. The highest BCUT2D eigenvalue weighted by atomic mass is 32.2. The van der Waals surface area contributed by atoms with Crippen LogP contribution in [0.25, 0.3) is 0 Å². The SMILES string of the molecule is NC(=O)c1ccc(CSc2nnc(NCc3ccco3)s2)c([N+](=O)[O-])c1.